The van der Waals surface area contributed by atoms with Crippen LogP contribution in [0.25, 0.3) is 0 Å². The summed E-state index contributed by atoms with van der Waals surface area (Å²) >= 11 is 0. The van der Waals surface area contributed by atoms with E-state index < -0.39 is 6.10 Å². The molecular weight excluding hydrogens is 841 g/mol. The second kappa shape index (κ2) is 55.4. The fourth-order valence-electron chi connectivity index (χ4n) is 7.16. The van der Waals surface area contributed by atoms with Crippen molar-refractivity contribution in [3.8, 4) is 0 Å². The zero-order valence-corrected chi connectivity index (χ0v) is 43.8. The predicted molar refractivity (Wildman–Crippen MR) is 293 cm³/mol. The van der Waals surface area contributed by atoms with Crippen molar-refractivity contribution < 1.29 is 28.6 Å². The van der Waals surface area contributed by atoms with E-state index in [1.807, 2.05) is 0 Å². The van der Waals surface area contributed by atoms with Crippen molar-refractivity contribution in [2.24, 2.45) is 0 Å². The predicted octanol–water partition coefficient (Wildman–Crippen LogP) is 18.5. The number of carbonyl (C=O) groups is 3. The molecule has 6 nitrogen and oxygen atoms in total. The van der Waals surface area contributed by atoms with Gasteiger partial charge in [0, 0.05) is 19.3 Å². The van der Waals surface area contributed by atoms with Crippen molar-refractivity contribution in [1.29, 1.82) is 0 Å². The number of hydrogen-bond donors (Lipinski definition) is 0. The summed E-state index contributed by atoms with van der Waals surface area (Å²) in [5.41, 5.74) is 0. The Morgan fingerprint density at radius 3 is 1.09 bits per heavy atom. The van der Waals surface area contributed by atoms with Crippen LogP contribution in [-0.2, 0) is 28.6 Å². The molecule has 0 aliphatic heterocycles. The maximum Gasteiger partial charge on any atom is 0.306 e. The van der Waals surface area contributed by atoms with Gasteiger partial charge in [-0.2, -0.15) is 0 Å². The van der Waals surface area contributed by atoms with Gasteiger partial charge >= 0.3 is 17.9 Å². The molecule has 0 amide bonds. The molecule has 0 rings (SSSR count). The third-order valence-electron chi connectivity index (χ3n) is 11.3. The van der Waals surface area contributed by atoms with Gasteiger partial charge in [0.2, 0.25) is 0 Å². The van der Waals surface area contributed by atoms with Crippen molar-refractivity contribution in [3.63, 3.8) is 0 Å². The van der Waals surface area contributed by atoms with Gasteiger partial charge in [0.15, 0.2) is 6.10 Å². The molecule has 1 unspecified atom stereocenters. The highest BCUT2D eigenvalue weighted by atomic mass is 16.6. The van der Waals surface area contributed by atoms with E-state index in [-0.39, 0.29) is 31.1 Å². The average Bonchev–Trinajstić information content (AvgIpc) is 3.34. The summed E-state index contributed by atoms with van der Waals surface area (Å²) in [5, 5.41) is 0. The van der Waals surface area contributed by atoms with E-state index >= 15 is 0 Å². The Balaban J connectivity index is 4.51. The first-order chi connectivity index (χ1) is 33.5. The summed E-state index contributed by atoms with van der Waals surface area (Å²) in [6, 6.07) is 0. The quantitative estimate of drug-likeness (QED) is 0.0199. The van der Waals surface area contributed by atoms with E-state index in [2.05, 4.69) is 142 Å². The number of unbranched alkanes of at least 4 members (excludes halogenated alkanes) is 20. The lowest BCUT2D eigenvalue weighted by Gasteiger charge is -2.18. The maximum atomic E-state index is 12.8. The van der Waals surface area contributed by atoms with Gasteiger partial charge in [-0.3, -0.25) is 14.4 Å². The van der Waals surface area contributed by atoms with Crippen LogP contribution in [-0.4, -0.2) is 37.2 Å². The van der Waals surface area contributed by atoms with Crippen molar-refractivity contribution in [2.45, 2.75) is 239 Å². The molecule has 0 aliphatic rings. The number of ether oxygens (including phenoxy) is 3. The fourth-order valence-corrected chi connectivity index (χ4v) is 7.16. The number of hydrogen-bond acceptors (Lipinski definition) is 6. The van der Waals surface area contributed by atoms with Gasteiger partial charge < -0.3 is 14.2 Å². The molecule has 0 aromatic carbocycles. The lowest BCUT2D eigenvalue weighted by Crippen LogP contribution is -2.30. The summed E-state index contributed by atoms with van der Waals surface area (Å²) in [6.45, 7) is 6.32. The van der Waals surface area contributed by atoms with Gasteiger partial charge in [0.05, 0.1) is 0 Å². The average molecular weight is 941 g/mol. The molecular formula is C62H100O6. The molecule has 68 heavy (non-hydrogen) atoms. The normalized spacial score (nSPS) is 13.0. The Morgan fingerprint density at radius 1 is 0.324 bits per heavy atom. The van der Waals surface area contributed by atoms with Crippen LogP contribution in [0.4, 0.5) is 0 Å². The van der Waals surface area contributed by atoms with Crippen LogP contribution < -0.4 is 0 Å². The lowest BCUT2D eigenvalue weighted by atomic mass is 10.1. The number of esters is 3. The molecule has 0 spiro atoms. The van der Waals surface area contributed by atoms with Gasteiger partial charge in [0.25, 0.3) is 0 Å². The molecule has 1 atom stereocenters. The van der Waals surface area contributed by atoms with Gasteiger partial charge in [-0.05, 0) is 109 Å². The Kier molecular flexibility index (Phi) is 52.0. The lowest BCUT2D eigenvalue weighted by molar-refractivity contribution is -0.167. The molecule has 0 saturated carbocycles. The van der Waals surface area contributed by atoms with Gasteiger partial charge in [-0.1, -0.05) is 226 Å². The summed E-state index contributed by atoms with van der Waals surface area (Å²) in [7, 11) is 0. The van der Waals surface area contributed by atoms with Crippen LogP contribution in [0, 0.1) is 0 Å². The molecule has 0 heterocycles. The highest BCUT2D eigenvalue weighted by Gasteiger charge is 2.19. The SMILES string of the molecule is CC\C=C/C=C\C=C/CCCCCCCC(=O)OCC(COC(=O)CCCCC/C=C\C/C=C\C/C=C\C/C=C\C/C=C\CC)OC(=O)CCCCCCC/C=C\C=C/CCCCCCCCC. The van der Waals surface area contributed by atoms with Crippen LogP contribution >= 0.6 is 0 Å². The number of rotatable bonds is 48. The smallest absolute Gasteiger partial charge is 0.306 e. The zero-order chi connectivity index (χ0) is 49.3. The van der Waals surface area contributed by atoms with Crippen LogP contribution in [0.15, 0.2) is 122 Å². The third-order valence-corrected chi connectivity index (χ3v) is 11.3. The topological polar surface area (TPSA) is 78.9 Å². The second-order valence-corrected chi connectivity index (χ2v) is 17.8. The molecule has 0 saturated heterocycles. The van der Waals surface area contributed by atoms with Crippen LogP contribution in [0.5, 0.6) is 0 Å². The highest BCUT2D eigenvalue weighted by molar-refractivity contribution is 5.71. The van der Waals surface area contributed by atoms with E-state index in [4.69, 9.17) is 14.2 Å². The molecule has 6 heteroatoms. The molecule has 0 fully saturated rings. The summed E-state index contributed by atoms with van der Waals surface area (Å²) in [6.07, 6.45) is 76.1. The summed E-state index contributed by atoms with van der Waals surface area (Å²) < 4.78 is 16.8. The first-order valence-corrected chi connectivity index (χ1v) is 27.6. The Bertz CT molecular complexity index is 1450. The van der Waals surface area contributed by atoms with E-state index in [1.54, 1.807) is 0 Å². The minimum absolute atomic E-state index is 0.109. The monoisotopic (exact) mass is 941 g/mol. The van der Waals surface area contributed by atoms with E-state index in [0.717, 1.165) is 141 Å². The first-order valence-electron chi connectivity index (χ1n) is 27.6. The molecule has 0 bridgehead atoms. The summed E-state index contributed by atoms with van der Waals surface area (Å²) in [4.78, 5) is 38.1. The van der Waals surface area contributed by atoms with Gasteiger partial charge in [0.1, 0.15) is 13.2 Å². The minimum Gasteiger partial charge on any atom is -0.462 e. The first kappa shape index (κ1) is 63.8. The molecule has 0 aliphatic carbocycles. The van der Waals surface area contributed by atoms with Crippen molar-refractivity contribution in [3.05, 3.63) is 122 Å². The largest absolute Gasteiger partial charge is 0.462 e. The minimum atomic E-state index is -0.812. The van der Waals surface area contributed by atoms with Crippen molar-refractivity contribution in [1.82, 2.24) is 0 Å². The van der Waals surface area contributed by atoms with Crippen molar-refractivity contribution >= 4 is 17.9 Å². The number of allylic oxidation sites excluding steroid dienone is 20. The Morgan fingerprint density at radius 2 is 0.647 bits per heavy atom. The summed E-state index contributed by atoms with van der Waals surface area (Å²) in [5.74, 6) is -0.980. The highest BCUT2D eigenvalue weighted by Crippen LogP contribution is 2.13. The van der Waals surface area contributed by atoms with Gasteiger partial charge in [-0.15, -0.1) is 0 Å². The maximum absolute atomic E-state index is 12.8. The fraction of sp³-hybridized carbons (Fsp3) is 0.629. The zero-order valence-electron chi connectivity index (χ0n) is 43.8. The molecule has 0 aromatic heterocycles. The van der Waals surface area contributed by atoms with Crippen molar-refractivity contribution in [2.75, 3.05) is 13.2 Å². The molecule has 384 valence electrons. The third kappa shape index (κ3) is 52.8. The number of carbonyl (C=O) groups excluding carboxylic acids is 3. The van der Waals surface area contributed by atoms with Gasteiger partial charge in [-0.25, -0.2) is 0 Å². The molecule has 0 aromatic rings. The van der Waals surface area contributed by atoms with Crippen LogP contribution in [0.3, 0.4) is 0 Å². The van der Waals surface area contributed by atoms with Crippen LogP contribution in [0.2, 0.25) is 0 Å². The van der Waals surface area contributed by atoms with E-state index in [0.29, 0.717) is 19.3 Å². The Hall–Kier alpha value is -4.19. The Labute approximate surface area is 418 Å². The molecule has 0 radical (unpaired) electrons. The van der Waals surface area contributed by atoms with Crippen LogP contribution in [0.1, 0.15) is 233 Å². The standard InChI is InChI=1S/C62H100O6/c1-4-7-10-13-16-19-22-25-27-29-31-33-34-37-40-43-46-49-52-55-61(64)67-58-59(57-66-60(63)54-51-48-45-42-39-36-24-21-18-15-12-9-6-3)68-62(65)56-53-50-47-44-41-38-35-32-30-28-26-23-20-17-14-11-8-5-2/h7,9-10,12,15-16,18-19,21,24-25,27-28,30-33,35,37,40,59H,4-6,8,11,13-14,17,20,22-23,26,29,34,36,38-39,41-58H2,1-3H3/b10-7-,12-9-,18-15-,19-16-,24-21-,27-25-,30-28-,33-31-,35-32-,40-37-. The van der Waals surface area contributed by atoms with E-state index in [9.17, 15) is 14.4 Å². The second-order valence-electron chi connectivity index (χ2n) is 17.8. The van der Waals surface area contributed by atoms with E-state index in [1.165, 1.54) is 51.4 Å². The molecule has 0 N–H and O–H groups in total.